The van der Waals surface area contributed by atoms with E-state index in [2.05, 4.69) is 9.71 Å². The predicted molar refractivity (Wildman–Crippen MR) is 94.9 cm³/mol. The number of hydrogen-bond acceptors (Lipinski definition) is 4. The van der Waals surface area contributed by atoms with E-state index in [0.29, 0.717) is 18.0 Å². The maximum atomic E-state index is 12.8. The van der Waals surface area contributed by atoms with Crippen molar-refractivity contribution >= 4 is 26.6 Å². The van der Waals surface area contributed by atoms with Crippen molar-refractivity contribution in [2.24, 2.45) is 0 Å². The minimum Gasteiger partial charge on any atom is -0.492 e. The third-order valence-electron chi connectivity index (χ3n) is 3.53. The molecule has 0 aliphatic carbocycles. The number of sulfonamides is 1. The van der Waals surface area contributed by atoms with Gasteiger partial charge in [-0.15, -0.1) is 0 Å². The fourth-order valence-electron chi connectivity index (χ4n) is 2.44. The molecule has 5 nitrogen and oxygen atoms in total. The summed E-state index contributed by atoms with van der Waals surface area (Å²) >= 11 is 0. The third-order valence-corrected chi connectivity index (χ3v) is 4.93. The number of aromatic nitrogens is 1. The summed E-state index contributed by atoms with van der Waals surface area (Å²) in [7, 11) is -3.77. The van der Waals surface area contributed by atoms with Crippen LogP contribution in [-0.2, 0) is 10.0 Å². The smallest absolute Gasteiger partial charge is 0.265 e. The summed E-state index contributed by atoms with van der Waals surface area (Å²) in [5, 5.41) is 0.868. The van der Waals surface area contributed by atoms with Gasteiger partial charge in [-0.3, -0.25) is 9.71 Å². The zero-order valence-corrected chi connectivity index (χ0v) is 14.3. The van der Waals surface area contributed by atoms with E-state index in [9.17, 15) is 8.42 Å². The fraction of sp³-hybridized carbons (Fsp3) is 0.167. The van der Waals surface area contributed by atoms with E-state index in [1.54, 1.807) is 18.2 Å². The van der Waals surface area contributed by atoms with Crippen molar-refractivity contribution in [2.45, 2.75) is 18.7 Å². The van der Waals surface area contributed by atoms with Crippen molar-refractivity contribution in [3.8, 4) is 5.75 Å². The Morgan fingerprint density at radius 1 is 1.12 bits per heavy atom. The van der Waals surface area contributed by atoms with Gasteiger partial charge in [0, 0.05) is 5.39 Å². The van der Waals surface area contributed by atoms with Crippen LogP contribution in [-0.4, -0.2) is 20.0 Å². The quantitative estimate of drug-likeness (QED) is 0.767. The fourth-order valence-corrected chi connectivity index (χ4v) is 3.70. The van der Waals surface area contributed by atoms with Gasteiger partial charge in [0.15, 0.2) is 0 Å². The van der Waals surface area contributed by atoms with Crippen LogP contribution in [0, 0.1) is 6.92 Å². The Morgan fingerprint density at radius 3 is 2.71 bits per heavy atom. The number of nitrogens with zero attached hydrogens (tertiary/aromatic N) is 1. The summed E-state index contributed by atoms with van der Waals surface area (Å²) in [5.41, 5.74) is 2.07. The lowest BCUT2D eigenvalue weighted by Crippen LogP contribution is -2.15. The molecule has 0 radical (unpaired) electrons. The van der Waals surface area contributed by atoms with Crippen LogP contribution in [0.15, 0.2) is 59.6 Å². The van der Waals surface area contributed by atoms with E-state index >= 15 is 0 Å². The third kappa shape index (κ3) is 3.33. The molecule has 3 aromatic rings. The number of aryl methyl sites for hydroxylation is 1. The second-order valence-corrected chi connectivity index (χ2v) is 7.06. The van der Waals surface area contributed by atoms with Crippen molar-refractivity contribution in [2.75, 3.05) is 11.3 Å². The zero-order chi connectivity index (χ0) is 17.2. The molecule has 0 saturated heterocycles. The van der Waals surface area contributed by atoms with Gasteiger partial charge in [0.1, 0.15) is 10.6 Å². The summed E-state index contributed by atoms with van der Waals surface area (Å²) in [5.74, 6) is 0.337. The molecule has 0 atom stereocenters. The topological polar surface area (TPSA) is 68.3 Å². The summed E-state index contributed by atoms with van der Waals surface area (Å²) in [6.07, 6.45) is 1.51. The van der Waals surface area contributed by atoms with E-state index in [1.807, 2.05) is 44.2 Å². The lowest BCUT2D eigenvalue weighted by atomic mass is 10.2. The van der Waals surface area contributed by atoms with Crippen LogP contribution >= 0.6 is 0 Å². The zero-order valence-electron chi connectivity index (χ0n) is 13.5. The number of anilines is 1. The normalized spacial score (nSPS) is 11.4. The number of nitrogens with one attached hydrogen (secondary N) is 1. The number of benzene rings is 2. The van der Waals surface area contributed by atoms with E-state index in [0.717, 1.165) is 16.5 Å². The first kappa shape index (κ1) is 16.3. The van der Waals surface area contributed by atoms with E-state index in [1.165, 1.54) is 6.20 Å². The van der Waals surface area contributed by atoms with Crippen molar-refractivity contribution < 1.29 is 13.2 Å². The first-order valence-corrected chi connectivity index (χ1v) is 9.09. The largest absolute Gasteiger partial charge is 0.492 e. The second kappa shape index (κ2) is 6.49. The molecule has 0 aliphatic rings. The van der Waals surface area contributed by atoms with Crippen molar-refractivity contribution in [1.82, 2.24) is 4.98 Å². The maximum Gasteiger partial charge on any atom is 0.265 e. The maximum absolute atomic E-state index is 12.8. The molecular weight excluding hydrogens is 324 g/mol. The number of rotatable bonds is 5. The highest BCUT2D eigenvalue weighted by atomic mass is 32.2. The molecule has 0 spiro atoms. The summed E-state index contributed by atoms with van der Waals surface area (Å²) in [6.45, 7) is 4.05. The van der Waals surface area contributed by atoms with Crippen LogP contribution in [0.1, 0.15) is 12.5 Å². The van der Waals surface area contributed by atoms with Gasteiger partial charge in [0.05, 0.1) is 24.0 Å². The predicted octanol–water partition coefficient (Wildman–Crippen LogP) is 3.74. The monoisotopic (exact) mass is 342 g/mol. The van der Waals surface area contributed by atoms with Gasteiger partial charge < -0.3 is 4.74 Å². The van der Waals surface area contributed by atoms with Crippen molar-refractivity contribution in [1.29, 1.82) is 0 Å². The highest BCUT2D eigenvalue weighted by Crippen LogP contribution is 2.27. The van der Waals surface area contributed by atoms with Crippen LogP contribution in [0.25, 0.3) is 10.9 Å². The number of ether oxygens (including phenoxy) is 1. The van der Waals surface area contributed by atoms with Gasteiger partial charge in [-0.25, -0.2) is 8.42 Å². The molecule has 0 unspecified atom stereocenters. The van der Waals surface area contributed by atoms with Crippen LogP contribution in [0.5, 0.6) is 5.75 Å². The molecule has 0 bridgehead atoms. The molecule has 0 fully saturated rings. The Labute approximate surface area is 141 Å². The number of para-hydroxylation sites is 1. The van der Waals surface area contributed by atoms with E-state index in [4.69, 9.17) is 4.74 Å². The summed E-state index contributed by atoms with van der Waals surface area (Å²) in [4.78, 5) is 4.40. The van der Waals surface area contributed by atoms with E-state index < -0.39 is 10.0 Å². The number of hydrogen-bond donors (Lipinski definition) is 1. The Hall–Kier alpha value is -2.60. The average molecular weight is 342 g/mol. The molecule has 0 saturated carbocycles. The molecule has 2 aromatic carbocycles. The first-order chi connectivity index (χ1) is 11.5. The minimum absolute atomic E-state index is 0.123. The molecule has 6 heteroatoms. The molecule has 1 heterocycles. The van der Waals surface area contributed by atoms with Gasteiger partial charge >= 0.3 is 0 Å². The highest BCUT2D eigenvalue weighted by molar-refractivity contribution is 7.92. The molecular formula is C18H18N2O3S. The Morgan fingerprint density at radius 2 is 1.92 bits per heavy atom. The SMILES string of the molecule is CCOc1ccc(C)cc1S(=O)(=O)Nc1cnc2ccccc2c1. The number of fused-ring (bicyclic) bond motifs is 1. The first-order valence-electron chi connectivity index (χ1n) is 7.60. The summed E-state index contributed by atoms with van der Waals surface area (Å²) in [6, 6.07) is 14.4. The molecule has 1 aromatic heterocycles. The lowest BCUT2D eigenvalue weighted by Gasteiger charge is -2.13. The molecule has 3 rings (SSSR count). The van der Waals surface area contributed by atoms with Crippen LogP contribution in [0.4, 0.5) is 5.69 Å². The van der Waals surface area contributed by atoms with Gasteiger partial charge in [-0.1, -0.05) is 24.3 Å². The molecule has 0 amide bonds. The lowest BCUT2D eigenvalue weighted by molar-refractivity contribution is 0.331. The van der Waals surface area contributed by atoms with Gasteiger partial charge in [0.25, 0.3) is 10.0 Å². The Kier molecular flexibility index (Phi) is 4.40. The van der Waals surface area contributed by atoms with Crippen molar-refractivity contribution in [3.05, 3.63) is 60.3 Å². The van der Waals surface area contributed by atoms with Crippen LogP contribution < -0.4 is 9.46 Å². The average Bonchev–Trinajstić information content (AvgIpc) is 2.56. The Balaban J connectivity index is 1.99. The van der Waals surface area contributed by atoms with Crippen LogP contribution in [0.2, 0.25) is 0 Å². The minimum atomic E-state index is -3.77. The van der Waals surface area contributed by atoms with Crippen LogP contribution in [0.3, 0.4) is 0 Å². The highest BCUT2D eigenvalue weighted by Gasteiger charge is 2.20. The Bertz CT molecular complexity index is 984. The molecule has 0 aliphatic heterocycles. The van der Waals surface area contributed by atoms with Gasteiger partial charge in [0.2, 0.25) is 0 Å². The van der Waals surface area contributed by atoms with E-state index in [-0.39, 0.29) is 4.90 Å². The molecule has 1 N–H and O–H groups in total. The second-order valence-electron chi connectivity index (χ2n) is 5.41. The van der Waals surface area contributed by atoms with Gasteiger partial charge in [-0.05, 0) is 43.7 Å². The molecule has 124 valence electrons. The summed E-state index contributed by atoms with van der Waals surface area (Å²) < 4.78 is 33.6. The van der Waals surface area contributed by atoms with Gasteiger partial charge in [-0.2, -0.15) is 0 Å². The number of pyridine rings is 1. The standard InChI is InChI=1S/C18H18N2O3S/c1-3-23-17-9-8-13(2)10-18(17)24(21,22)20-15-11-14-6-4-5-7-16(14)19-12-15/h4-12,20H,3H2,1-2H3. The molecule has 24 heavy (non-hydrogen) atoms. The van der Waals surface area contributed by atoms with Crippen molar-refractivity contribution in [3.63, 3.8) is 0 Å².